The molecule has 3 aromatic carbocycles. The van der Waals surface area contributed by atoms with Crippen LogP contribution in [0.5, 0.6) is 0 Å². The van der Waals surface area contributed by atoms with Crippen molar-refractivity contribution >= 4 is 103 Å². The van der Waals surface area contributed by atoms with Crippen molar-refractivity contribution in [2.24, 2.45) is 10.8 Å². The van der Waals surface area contributed by atoms with Crippen molar-refractivity contribution in [1.29, 1.82) is 0 Å². The molecule has 0 aliphatic carbocycles. The first kappa shape index (κ1) is 68.5. The summed E-state index contributed by atoms with van der Waals surface area (Å²) in [6.07, 6.45) is 6.02. The highest BCUT2D eigenvalue weighted by atomic mass is 79.9. The number of alkyl halides is 2. The minimum absolute atomic E-state index is 0.0143. The number of carbonyl (C=O) groups excluding carboxylic acids is 7. The lowest BCUT2D eigenvalue weighted by Gasteiger charge is -2.36. The average Bonchev–Trinajstić information content (AvgIpc) is 1.86. The van der Waals surface area contributed by atoms with Gasteiger partial charge in [0.15, 0.2) is 0 Å². The van der Waals surface area contributed by atoms with Gasteiger partial charge in [0.25, 0.3) is 5.91 Å². The molecule has 0 saturated carbocycles. The number of aliphatic hydroxyl groups is 1. The molecule has 2 saturated heterocycles. The Balaban J connectivity index is 0.825. The molecule has 19 nitrogen and oxygen atoms in total. The minimum Gasteiger partial charge on any atom is -0.391 e. The van der Waals surface area contributed by atoms with Crippen LogP contribution in [-0.2, 0) is 45.5 Å². The molecule has 0 bridgehead atoms. The van der Waals surface area contributed by atoms with Crippen LogP contribution in [0, 0.1) is 17.8 Å². The lowest BCUT2D eigenvalue weighted by atomic mass is 9.85. The largest absolute Gasteiger partial charge is 0.399 e. The number of carbonyl (C=O) groups is 7. The second kappa shape index (κ2) is 29.5. The summed E-state index contributed by atoms with van der Waals surface area (Å²) in [6.45, 7) is 13.7. The Morgan fingerprint density at radius 3 is 2.05 bits per heavy atom. The van der Waals surface area contributed by atoms with Crippen LogP contribution in [-0.4, -0.2) is 127 Å². The maximum absolute atomic E-state index is 14.6. The molecular weight excluding hydrogens is 1250 g/mol. The van der Waals surface area contributed by atoms with Gasteiger partial charge in [0, 0.05) is 72.4 Å². The monoisotopic (exact) mass is 1320 g/mol. The van der Waals surface area contributed by atoms with E-state index in [2.05, 4.69) is 42.2 Å². The number of thiophene rings is 1. The number of unbranched alkanes of at least 4 members (excludes halogenated alkanes) is 6. The van der Waals surface area contributed by atoms with E-state index in [9.17, 15) is 61.8 Å². The maximum Gasteiger partial charge on any atom is 0.399 e. The van der Waals surface area contributed by atoms with Crippen LogP contribution in [0.1, 0.15) is 145 Å². The molecule has 4 heterocycles. The topological polar surface area (TPSA) is 268 Å². The fourth-order valence-corrected chi connectivity index (χ4v) is 13.3. The highest BCUT2D eigenvalue weighted by molar-refractivity contribution is 9.10. The van der Waals surface area contributed by atoms with Crippen molar-refractivity contribution in [1.82, 2.24) is 36.1 Å². The zero-order chi connectivity index (χ0) is 63.6. The van der Waals surface area contributed by atoms with E-state index in [-0.39, 0.29) is 79.3 Å². The van der Waals surface area contributed by atoms with Crippen LogP contribution in [0.3, 0.4) is 0 Å². The Morgan fingerprint density at radius 1 is 0.782 bits per heavy atom. The molecule has 472 valence electrons. The second-order valence-electron chi connectivity index (χ2n) is 24.6. The number of rotatable bonds is 26. The number of hydrogen-bond donors (Lipinski definition) is 7. The third kappa shape index (κ3) is 17.9. The summed E-state index contributed by atoms with van der Waals surface area (Å²) >= 11 is 5.97. The number of aryl methyl sites for hydroxylation is 1. The summed E-state index contributed by atoms with van der Waals surface area (Å²) in [7, 11) is -5.84. The molecule has 25 heteroatoms. The van der Waals surface area contributed by atoms with Crippen molar-refractivity contribution in [2.75, 3.05) is 31.1 Å². The summed E-state index contributed by atoms with van der Waals surface area (Å²) in [5.74, 6) is -2.85. The van der Waals surface area contributed by atoms with Crippen LogP contribution < -0.4 is 26.2 Å². The number of fused-ring (bicyclic) bond motifs is 1. The predicted octanol–water partition coefficient (Wildman–Crippen LogP) is 9.93. The number of anilines is 1. The van der Waals surface area contributed by atoms with Gasteiger partial charge in [-0.25, -0.2) is 4.98 Å². The summed E-state index contributed by atoms with van der Waals surface area (Å²) < 4.78 is 41.8. The van der Waals surface area contributed by atoms with Gasteiger partial charge in [-0.3, -0.25) is 38.1 Å². The first-order valence-corrected chi connectivity index (χ1v) is 33.5. The van der Waals surface area contributed by atoms with E-state index >= 15 is 0 Å². The van der Waals surface area contributed by atoms with Crippen LogP contribution in [0.25, 0.3) is 20.5 Å². The molecule has 7 amide bonds. The first-order chi connectivity index (χ1) is 40.9. The Morgan fingerprint density at radius 2 is 1.41 bits per heavy atom. The Bertz CT molecular complexity index is 3310. The molecular formula is C62H80BrF2N8O11PS2. The van der Waals surface area contributed by atoms with Crippen LogP contribution >= 0.6 is 46.2 Å². The SMILES string of the molecule is Cc1ncsc1-c1ccc(CNC(=O)[C@@H]2C[C@@H](O)CN2C(=O)[C@@H](NC(=O)CCCCCCCCCNC(=O)CCN(C(=O)[C@@H]2CCCN2C(=O)[C@@H](NC(=O)c2cc3cc(C(F)(F)P(=O)(O)O)ccc3s2)C(C)(C)C)c2ccc(Br)cc2)C(C)(C)C)cc1. The van der Waals surface area contributed by atoms with Gasteiger partial charge in [-0.05, 0) is 102 Å². The van der Waals surface area contributed by atoms with E-state index in [1.807, 2.05) is 52.0 Å². The van der Waals surface area contributed by atoms with Crippen LogP contribution in [0.4, 0.5) is 14.5 Å². The molecule has 2 aliphatic heterocycles. The highest BCUT2D eigenvalue weighted by Gasteiger charge is 2.51. The van der Waals surface area contributed by atoms with E-state index in [1.165, 1.54) is 26.8 Å². The molecule has 0 spiro atoms. The first-order valence-electron chi connectivity index (χ1n) is 29.4. The van der Waals surface area contributed by atoms with E-state index in [0.29, 0.717) is 36.2 Å². The fraction of sp³-hybridized carbons (Fsp3) is 0.516. The normalized spacial score (nSPS) is 17.2. The van der Waals surface area contributed by atoms with Crippen molar-refractivity contribution in [2.45, 2.75) is 168 Å². The number of nitrogens with zero attached hydrogens (tertiary/aromatic N) is 4. The number of β-amino-alcohol motifs (C(OH)–C–C–N with tert-alkyl or cyclic N) is 1. The molecule has 7 rings (SSSR count). The van der Waals surface area contributed by atoms with Gasteiger partial charge < -0.3 is 50.9 Å². The third-order valence-corrected chi connectivity index (χ3v) is 19.4. The second-order valence-corrected chi connectivity index (χ2v) is 29.1. The Kier molecular flexibility index (Phi) is 23.2. The van der Waals surface area contributed by atoms with Gasteiger partial charge in [0.1, 0.15) is 24.2 Å². The standard InChI is InChI=1S/C62H80BrF2N8O11PS2/c1-38-52(86-37-68-38)40-20-18-39(19-21-40)35-67-55(77)47-34-45(74)36-73(47)59(81)53(60(2,3)4)69-51(76)17-13-11-9-8-10-12-14-29-66-50(75)28-31-71(44-25-23-43(63)24-26-44)57(79)46-16-15-30-72(46)58(80)54(61(5,6)7)70-56(78)49-33-41-32-42(22-27-48(41)87-49)62(64,65)85(82,83)84/h18-27,32-33,37,45-47,53-54,74H,8-17,28-31,34-36H2,1-7H3,(H,66,75)(H,67,77)(H,69,76)(H,70,78)(H2,82,83,84)/t45-,46+,47+,53-,54-/m1/s1. The number of aliphatic hydroxyl groups excluding tert-OH is 1. The molecule has 87 heavy (non-hydrogen) atoms. The molecule has 2 aromatic heterocycles. The fourth-order valence-electron chi connectivity index (χ4n) is 10.8. The van der Waals surface area contributed by atoms with Crippen molar-refractivity contribution in [3.8, 4) is 10.4 Å². The van der Waals surface area contributed by atoms with Crippen molar-refractivity contribution in [3.63, 3.8) is 0 Å². The lowest BCUT2D eigenvalue weighted by molar-refractivity contribution is -0.144. The number of hydrogen-bond acceptors (Lipinski definition) is 12. The minimum atomic E-state index is -5.84. The van der Waals surface area contributed by atoms with E-state index < -0.39 is 77.6 Å². The molecule has 2 fully saturated rings. The molecule has 0 unspecified atom stereocenters. The molecule has 2 aliphatic rings. The van der Waals surface area contributed by atoms with E-state index in [1.54, 1.807) is 61.9 Å². The van der Waals surface area contributed by atoms with Crippen molar-refractivity contribution < 1.29 is 61.8 Å². The smallest absolute Gasteiger partial charge is 0.391 e. The number of benzene rings is 3. The maximum atomic E-state index is 14.6. The molecule has 0 radical (unpaired) electrons. The quantitative estimate of drug-likeness (QED) is 0.0201. The van der Waals surface area contributed by atoms with Gasteiger partial charge in [-0.15, -0.1) is 22.7 Å². The predicted molar refractivity (Wildman–Crippen MR) is 336 cm³/mol. The number of aromatic nitrogens is 1. The van der Waals surface area contributed by atoms with Gasteiger partial charge in [-0.2, -0.15) is 8.78 Å². The number of halogens is 3. The number of likely N-dealkylation sites (tertiary alicyclic amines) is 2. The third-order valence-electron chi connectivity index (χ3n) is 15.7. The number of nitrogens with one attached hydrogen (secondary N) is 4. The van der Waals surface area contributed by atoms with Gasteiger partial charge in [-0.1, -0.05) is 120 Å². The van der Waals surface area contributed by atoms with Gasteiger partial charge in [0.05, 0.1) is 27.1 Å². The molecule has 7 N–H and O–H groups in total. The summed E-state index contributed by atoms with van der Waals surface area (Å²) in [4.78, 5) is 125. The average molecular weight is 1330 g/mol. The summed E-state index contributed by atoms with van der Waals surface area (Å²) in [5, 5.41) is 22.5. The van der Waals surface area contributed by atoms with E-state index in [0.717, 1.165) is 88.2 Å². The lowest BCUT2D eigenvalue weighted by Crippen LogP contribution is -2.58. The van der Waals surface area contributed by atoms with Gasteiger partial charge in [0.2, 0.25) is 35.4 Å². The number of thiazole rings is 1. The van der Waals surface area contributed by atoms with Gasteiger partial charge >= 0.3 is 13.3 Å². The molecule has 5 atom stereocenters. The van der Waals surface area contributed by atoms with Crippen LogP contribution in [0.2, 0.25) is 0 Å². The number of amides is 7. The van der Waals surface area contributed by atoms with Crippen molar-refractivity contribution in [3.05, 3.63) is 104 Å². The Hall–Kier alpha value is -6.01. The summed E-state index contributed by atoms with van der Waals surface area (Å²) in [5.41, 5.74) is -1.69. The zero-order valence-corrected chi connectivity index (χ0v) is 54.3. The highest BCUT2D eigenvalue weighted by Crippen LogP contribution is 2.59. The summed E-state index contributed by atoms with van der Waals surface area (Å²) in [6, 6.07) is 15.4. The molecule has 5 aromatic rings. The van der Waals surface area contributed by atoms with Crippen LogP contribution in [0.15, 0.2) is 82.8 Å². The Labute approximate surface area is 523 Å². The van der Waals surface area contributed by atoms with E-state index in [4.69, 9.17) is 0 Å². The zero-order valence-electron chi connectivity index (χ0n) is 50.2.